The molecule has 0 bridgehead atoms. The minimum Gasteiger partial charge on any atom is -1.00 e. The molecule has 0 spiro atoms. The fourth-order valence-electron chi connectivity index (χ4n) is 1.02. The molecule has 3 nitrogen and oxygen atoms in total. The van der Waals surface area contributed by atoms with Gasteiger partial charge in [-0.25, -0.2) is 0 Å². The van der Waals surface area contributed by atoms with Gasteiger partial charge in [0.05, 0.1) is 7.11 Å². The van der Waals surface area contributed by atoms with E-state index in [-0.39, 0.29) is 42.5 Å². The summed E-state index contributed by atoms with van der Waals surface area (Å²) in [4.78, 5) is 0. The third-order valence-corrected chi connectivity index (χ3v) is 2.15. The van der Waals surface area contributed by atoms with Gasteiger partial charge >= 0.3 is 29.6 Å². The van der Waals surface area contributed by atoms with E-state index in [1.165, 1.54) is 0 Å². The van der Waals surface area contributed by atoms with Crippen molar-refractivity contribution in [2.45, 2.75) is 0 Å². The van der Waals surface area contributed by atoms with Gasteiger partial charge < -0.3 is 16.4 Å². The van der Waals surface area contributed by atoms with E-state index >= 15 is 0 Å². The van der Waals surface area contributed by atoms with Gasteiger partial charge in [0.2, 0.25) is 0 Å². The second-order valence-corrected chi connectivity index (χ2v) is 3.61. The predicted octanol–water partition coefficient (Wildman–Crippen LogP) is 0.563. The topological polar surface area (TPSA) is 49.7 Å². The van der Waals surface area contributed by atoms with Crippen molar-refractivity contribution in [3.8, 4) is 17.2 Å². The van der Waals surface area contributed by atoms with Gasteiger partial charge in [0.1, 0.15) is 17.2 Å². The van der Waals surface area contributed by atoms with Crippen LogP contribution in [0, 0.1) is 0 Å². The normalized spacial score (nSPS) is 8.56. The SMILES string of the molecule is COc1ccc(O)cc1.Oc1ccc(Cl)cc1.[H-].[Na+]. The van der Waals surface area contributed by atoms with E-state index in [9.17, 15) is 0 Å². The van der Waals surface area contributed by atoms with Crippen LogP contribution in [0.1, 0.15) is 1.43 Å². The Bertz CT molecular complexity index is 427. The van der Waals surface area contributed by atoms with Gasteiger partial charge in [0, 0.05) is 5.02 Å². The number of halogens is 1. The number of benzene rings is 2. The Kier molecular flexibility index (Phi) is 8.67. The second kappa shape index (κ2) is 9.11. The van der Waals surface area contributed by atoms with Gasteiger partial charge in [-0.1, -0.05) is 11.6 Å². The molecular formula is C13H14ClNaO3. The maximum atomic E-state index is 8.80. The monoisotopic (exact) mass is 276 g/mol. The molecule has 0 heterocycles. The second-order valence-electron chi connectivity index (χ2n) is 3.17. The van der Waals surface area contributed by atoms with Crippen molar-refractivity contribution in [1.29, 1.82) is 0 Å². The van der Waals surface area contributed by atoms with Crippen molar-refractivity contribution >= 4 is 11.6 Å². The van der Waals surface area contributed by atoms with Crippen LogP contribution in [0.25, 0.3) is 0 Å². The van der Waals surface area contributed by atoms with Crippen LogP contribution in [0.4, 0.5) is 0 Å². The number of phenols is 2. The molecule has 0 aromatic heterocycles. The average molecular weight is 277 g/mol. The van der Waals surface area contributed by atoms with Gasteiger partial charge in [-0.05, 0) is 48.5 Å². The van der Waals surface area contributed by atoms with E-state index in [0.717, 1.165) is 5.75 Å². The van der Waals surface area contributed by atoms with E-state index in [2.05, 4.69) is 0 Å². The largest absolute Gasteiger partial charge is 1.00 e. The predicted molar refractivity (Wildman–Crippen MR) is 68.9 cm³/mol. The molecule has 0 atom stereocenters. The van der Waals surface area contributed by atoms with Crippen LogP contribution < -0.4 is 34.3 Å². The van der Waals surface area contributed by atoms with Crippen LogP contribution in [0.2, 0.25) is 5.02 Å². The molecule has 0 radical (unpaired) electrons. The van der Waals surface area contributed by atoms with Crippen molar-refractivity contribution in [2.75, 3.05) is 7.11 Å². The Morgan fingerprint density at radius 2 is 1.28 bits per heavy atom. The molecule has 92 valence electrons. The number of phenolic OH excluding ortho intramolecular Hbond substituents is 2. The van der Waals surface area contributed by atoms with E-state index in [4.69, 9.17) is 26.6 Å². The Morgan fingerprint density at radius 1 is 0.889 bits per heavy atom. The van der Waals surface area contributed by atoms with Gasteiger partial charge in [-0.15, -0.1) is 0 Å². The summed E-state index contributed by atoms with van der Waals surface area (Å²) < 4.78 is 4.86. The van der Waals surface area contributed by atoms with E-state index in [1.54, 1.807) is 55.6 Å². The summed E-state index contributed by atoms with van der Waals surface area (Å²) >= 11 is 5.50. The summed E-state index contributed by atoms with van der Waals surface area (Å²) in [5.74, 6) is 1.26. The molecule has 2 aromatic rings. The average Bonchev–Trinajstić information content (AvgIpc) is 2.35. The van der Waals surface area contributed by atoms with Crippen LogP contribution in [-0.2, 0) is 0 Å². The molecule has 2 aromatic carbocycles. The van der Waals surface area contributed by atoms with Gasteiger partial charge in [0.25, 0.3) is 0 Å². The number of ether oxygens (including phenoxy) is 1. The fourth-order valence-corrected chi connectivity index (χ4v) is 1.15. The third kappa shape index (κ3) is 6.77. The number of hydrogen-bond acceptors (Lipinski definition) is 3. The van der Waals surface area contributed by atoms with Crippen molar-refractivity contribution in [2.24, 2.45) is 0 Å². The third-order valence-electron chi connectivity index (χ3n) is 1.90. The summed E-state index contributed by atoms with van der Waals surface area (Å²) in [5.41, 5.74) is 0. The van der Waals surface area contributed by atoms with Gasteiger partial charge in [0.15, 0.2) is 0 Å². The van der Waals surface area contributed by atoms with Crippen LogP contribution in [0.3, 0.4) is 0 Å². The number of aromatic hydroxyl groups is 2. The standard InChI is InChI=1S/C7H8O2.C6H5ClO.Na.H/c1-9-7-4-2-6(8)3-5-7;7-5-1-3-6(8)4-2-5;;/h2-5,8H,1H3;1-4,8H;;/q;;+1;-1. The van der Waals surface area contributed by atoms with Crippen molar-refractivity contribution < 1.29 is 45.9 Å². The molecule has 0 aliphatic carbocycles. The Labute approximate surface area is 135 Å². The van der Waals surface area contributed by atoms with Crippen LogP contribution in [-0.4, -0.2) is 17.3 Å². The summed E-state index contributed by atoms with van der Waals surface area (Å²) in [6.45, 7) is 0. The van der Waals surface area contributed by atoms with E-state index in [1.807, 2.05) is 0 Å². The summed E-state index contributed by atoms with van der Waals surface area (Å²) in [6.07, 6.45) is 0. The minimum absolute atomic E-state index is 0. The first-order chi connectivity index (χ1) is 8.11. The Morgan fingerprint density at radius 3 is 1.61 bits per heavy atom. The molecule has 2 rings (SSSR count). The molecule has 0 saturated heterocycles. The number of rotatable bonds is 1. The molecule has 0 unspecified atom stereocenters. The maximum absolute atomic E-state index is 8.80. The quantitative estimate of drug-likeness (QED) is 0.749. The molecular weight excluding hydrogens is 263 g/mol. The van der Waals surface area contributed by atoms with Crippen molar-refractivity contribution in [3.05, 3.63) is 53.6 Å². The Balaban J connectivity index is 0. The van der Waals surface area contributed by atoms with Crippen LogP contribution in [0.5, 0.6) is 17.2 Å². The zero-order valence-corrected chi connectivity index (χ0v) is 13.1. The zero-order chi connectivity index (χ0) is 12.7. The molecule has 0 saturated carbocycles. The van der Waals surface area contributed by atoms with Gasteiger partial charge in [-0.2, -0.15) is 0 Å². The smallest absolute Gasteiger partial charge is 1.00 e. The number of hydrogen-bond donors (Lipinski definition) is 2. The fraction of sp³-hybridized carbons (Fsp3) is 0.0769. The molecule has 0 aliphatic rings. The van der Waals surface area contributed by atoms with Gasteiger partial charge in [-0.3, -0.25) is 0 Å². The van der Waals surface area contributed by atoms with Crippen molar-refractivity contribution in [3.63, 3.8) is 0 Å². The Hall–Kier alpha value is -0.870. The van der Waals surface area contributed by atoms with Crippen molar-refractivity contribution in [1.82, 2.24) is 0 Å². The molecule has 0 fully saturated rings. The maximum Gasteiger partial charge on any atom is 1.00 e. The molecule has 5 heteroatoms. The summed E-state index contributed by atoms with van der Waals surface area (Å²) in [5, 5.41) is 18.1. The molecule has 18 heavy (non-hydrogen) atoms. The first-order valence-electron chi connectivity index (χ1n) is 4.89. The molecule has 2 N–H and O–H groups in total. The zero-order valence-electron chi connectivity index (χ0n) is 11.3. The summed E-state index contributed by atoms with van der Waals surface area (Å²) in [6, 6.07) is 12.9. The summed E-state index contributed by atoms with van der Waals surface area (Å²) in [7, 11) is 1.59. The first kappa shape index (κ1) is 17.1. The molecule has 0 amide bonds. The first-order valence-corrected chi connectivity index (χ1v) is 5.27. The van der Waals surface area contributed by atoms with E-state index in [0.29, 0.717) is 5.02 Å². The molecule has 0 aliphatic heterocycles. The minimum atomic E-state index is 0. The van der Waals surface area contributed by atoms with E-state index < -0.39 is 0 Å². The van der Waals surface area contributed by atoms with Crippen LogP contribution in [0.15, 0.2) is 48.5 Å². The van der Waals surface area contributed by atoms with Crippen LogP contribution >= 0.6 is 11.6 Å². The number of methoxy groups -OCH3 is 1.